The van der Waals surface area contributed by atoms with E-state index in [-0.39, 0.29) is 18.0 Å². The summed E-state index contributed by atoms with van der Waals surface area (Å²) in [4.78, 5) is 18.5. The van der Waals surface area contributed by atoms with E-state index in [1.165, 1.54) is 0 Å². The van der Waals surface area contributed by atoms with Crippen molar-refractivity contribution in [2.75, 3.05) is 19.6 Å². The van der Waals surface area contributed by atoms with Gasteiger partial charge in [0, 0.05) is 18.9 Å². The predicted molar refractivity (Wildman–Crippen MR) is 84.3 cm³/mol. The van der Waals surface area contributed by atoms with Gasteiger partial charge in [-0.1, -0.05) is 13.8 Å². The third-order valence-electron chi connectivity index (χ3n) is 3.95. The largest absolute Gasteiger partial charge is 0.468 e. The molecular formula is C16H24N4O2. The summed E-state index contributed by atoms with van der Waals surface area (Å²) in [5, 5.41) is 3.02. The Morgan fingerprint density at radius 3 is 2.77 bits per heavy atom. The van der Waals surface area contributed by atoms with Crippen LogP contribution in [0.2, 0.25) is 0 Å². The highest BCUT2D eigenvalue weighted by Crippen LogP contribution is 2.20. The van der Waals surface area contributed by atoms with E-state index in [1.54, 1.807) is 29.6 Å². The minimum atomic E-state index is -0.281. The predicted octanol–water partition coefficient (Wildman–Crippen LogP) is 2.24. The molecule has 0 bridgehead atoms. The number of likely N-dealkylation sites (N-methyl/N-ethyl adjacent to an activating group) is 1. The molecule has 0 spiro atoms. The smallest absolute Gasteiger partial charge is 0.242 e. The van der Waals surface area contributed by atoms with Crippen molar-refractivity contribution < 1.29 is 9.21 Å². The first-order chi connectivity index (χ1) is 10.7. The van der Waals surface area contributed by atoms with Gasteiger partial charge in [-0.05, 0) is 32.1 Å². The summed E-state index contributed by atoms with van der Waals surface area (Å²) in [6.07, 6.45) is 6.78. The Labute approximate surface area is 131 Å². The number of hydrogen-bond acceptors (Lipinski definition) is 4. The molecule has 0 aliphatic heterocycles. The fraction of sp³-hybridized carbons (Fsp3) is 0.500. The molecule has 0 aliphatic rings. The van der Waals surface area contributed by atoms with Gasteiger partial charge >= 0.3 is 0 Å². The van der Waals surface area contributed by atoms with E-state index in [2.05, 4.69) is 29.0 Å². The normalized spacial score (nSPS) is 14.0. The number of carbonyl (C=O) groups excluding carboxylic acids is 1. The SMILES string of the molecule is CCN(CC)C(CNC(=O)C(C)n1ccnc1)c1ccco1. The van der Waals surface area contributed by atoms with Crippen LogP contribution < -0.4 is 5.32 Å². The highest BCUT2D eigenvalue weighted by atomic mass is 16.3. The van der Waals surface area contributed by atoms with Crippen molar-refractivity contribution in [3.63, 3.8) is 0 Å². The van der Waals surface area contributed by atoms with Crippen LogP contribution in [0.3, 0.4) is 0 Å². The van der Waals surface area contributed by atoms with Crippen LogP contribution in [0.25, 0.3) is 0 Å². The van der Waals surface area contributed by atoms with Crippen molar-refractivity contribution in [2.45, 2.75) is 32.9 Å². The molecule has 2 unspecified atom stereocenters. The van der Waals surface area contributed by atoms with Crippen LogP contribution in [-0.4, -0.2) is 40.0 Å². The Morgan fingerprint density at radius 1 is 1.45 bits per heavy atom. The minimum absolute atomic E-state index is 0.0262. The van der Waals surface area contributed by atoms with Gasteiger partial charge in [0.15, 0.2) is 0 Å². The molecular weight excluding hydrogens is 280 g/mol. The van der Waals surface area contributed by atoms with Crippen LogP contribution in [0.1, 0.15) is 38.6 Å². The summed E-state index contributed by atoms with van der Waals surface area (Å²) in [6, 6.07) is 3.59. The van der Waals surface area contributed by atoms with Crippen LogP contribution in [0.4, 0.5) is 0 Å². The molecule has 1 amide bonds. The summed E-state index contributed by atoms with van der Waals surface area (Å²) in [5.74, 6) is 0.848. The molecule has 2 rings (SSSR count). The van der Waals surface area contributed by atoms with Gasteiger partial charge in [0.25, 0.3) is 0 Å². The molecule has 0 radical (unpaired) electrons. The number of hydrogen-bond donors (Lipinski definition) is 1. The maximum atomic E-state index is 12.3. The van der Waals surface area contributed by atoms with Gasteiger partial charge in [0.05, 0.1) is 18.6 Å². The van der Waals surface area contributed by atoms with Crippen LogP contribution in [-0.2, 0) is 4.79 Å². The van der Waals surface area contributed by atoms with Crippen molar-refractivity contribution in [1.29, 1.82) is 0 Å². The minimum Gasteiger partial charge on any atom is -0.468 e. The fourth-order valence-corrected chi connectivity index (χ4v) is 2.53. The first-order valence-electron chi connectivity index (χ1n) is 7.69. The summed E-state index contributed by atoms with van der Waals surface area (Å²) >= 11 is 0. The molecule has 0 saturated heterocycles. The van der Waals surface area contributed by atoms with E-state index < -0.39 is 0 Å². The van der Waals surface area contributed by atoms with E-state index in [4.69, 9.17) is 4.42 Å². The maximum absolute atomic E-state index is 12.3. The van der Waals surface area contributed by atoms with Crippen molar-refractivity contribution >= 4 is 5.91 Å². The average molecular weight is 304 g/mol. The molecule has 6 nitrogen and oxygen atoms in total. The van der Waals surface area contributed by atoms with Crippen molar-refractivity contribution in [3.05, 3.63) is 42.9 Å². The lowest BCUT2D eigenvalue weighted by Gasteiger charge is -2.28. The first-order valence-corrected chi connectivity index (χ1v) is 7.69. The van der Waals surface area contributed by atoms with Gasteiger partial charge in [-0.15, -0.1) is 0 Å². The number of imidazole rings is 1. The third kappa shape index (κ3) is 3.76. The molecule has 6 heteroatoms. The highest BCUT2D eigenvalue weighted by Gasteiger charge is 2.22. The Hall–Kier alpha value is -2.08. The Kier molecular flexibility index (Phi) is 5.77. The number of nitrogens with zero attached hydrogens (tertiary/aromatic N) is 3. The molecule has 2 heterocycles. The van der Waals surface area contributed by atoms with Gasteiger partial charge in [-0.25, -0.2) is 4.98 Å². The van der Waals surface area contributed by atoms with E-state index >= 15 is 0 Å². The summed E-state index contributed by atoms with van der Waals surface area (Å²) in [6.45, 7) is 8.39. The van der Waals surface area contributed by atoms with Gasteiger partial charge in [-0.3, -0.25) is 9.69 Å². The molecule has 120 valence electrons. The molecule has 2 atom stereocenters. The van der Waals surface area contributed by atoms with Crippen LogP contribution in [0.5, 0.6) is 0 Å². The fourth-order valence-electron chi connectivity index (χ4n) is 2.53. The lowest BCUT2D eigenvalue weighted by molar-refractivity contribution is -0.124. The highest BCUT2D eigenvalue weighted by molar-refractivity contribution is 5.79. The molecule has 0 aromatic carbocycles. The second-order valence-electron chi connectivity index (χ2n) is 5.18. The topological polar surface area (TPSA) is 63.3 Å². The molecule has 0 fully saturated rings. The molecule has 1 N–H and O–H groups in total. The molecule has 2 aromatic rings. The zero-order chi connectivity index (χ0) is 15.9. The van der Waals surface area contributed by atoms with Crippen molar-refractivity contribution in [2.24, 2.45) is 0 Å². The number of nitrogens with one attached hydrogen (secondary N) is 1. The average Bonchev–Trinajstić information content (AvgIpc) is 3.23. The lowest BCUT2D eigenvalue weighted by Crippen LogP contribution is -2.40. The number of furan rings is 1. The number of carbonyl (C=O) groups is 1. The summed E-state index contributed by atoms with van der Waals surface area (Å²) in [7, 11) is 0. The Morgan fingerprint density at radius 2 is 2.23 bits per heavy atom. The number of aromatic nitrogens is 2. The van der Waals surface area contributed by atoms with Crippen LogP contribution in [0.15, 0.2) is 41.5 Å². The number of rotatable bonds is 8. The quantitative estimate of drug-likeness (QED) is 0.812. The Balaban J connectivity index is 2.00. The lowest BCUT2D eigenvalue weighted by atomic mass is 10.1. The van der Waals surface area contributed by atoms with Crippen LogP contribution >= 0.6 is 0 Å². The van der Waals surface area contributed by atoms with Gasteiger partial charge < -0.3 is 14.3 Å². The van der Waals surface area contributed by atoms with Gasteiger partial charge in [0.2, 0.25) is 5.91 Å². The summed E-state index contributed by atoms with van der Waals surface area (Å²) < 4.78 is 7.32. The van der Waals surface area contributed by atoms with Gasteiger partial charge in [-0.2, -0.15) is 0 Å². The van der Waals surface area contributed by atoms with E-state index in [1.807, 2.05) is 19.1 Å². The zero-order valence-electron chi connectivity index (χ0n) is 13.4. The van der Waals surface area contributed by atoms with Crippen molar-refractivity contribution in [1.82, 2.24) is 19.8 Å². The summed E-state index contributed by atoms with van der Waals surface area (Å²) in [5.41, 5.74) is 0. The van der Waals surface area contributed by atoms with Crippen LogP contribution in [0, 0.1) is 0 Å². The Bertz CT molecular complexity index is 547. The molecule has 0 saturated carbocycles. The second-order valence-corrected chi connectivity index (χ2v) is 5.18. The molecule has 2 aromatic heterocycles. The zero-order valence-corrected chi connectivity index (χ0v) is 13.4. The van der Waals surface area contributed by atoms with Gasteiger partial charge in [0.1, 0.15) is 11.8 Å². The third-order valence-corrected chi connectivity index (χ3v) is 3.95. The standard InChI is InChI=1S/C16H24N4O2/c1-4-19(5-2)14(15-7-6-10-22-15)11-18-16(21)13(3)20-9-8-17-12-20/h6-10,12-14H,4-5,11H2,1-3H3,(H,18,21). The molecule has 22 heavy (non-hydrogen) atoms. The van der Waals surface area contributed by atoms with E-state index in [9.17, 15) is 4.79 Å². The monoisotopic (exact) mass is 304 g/mol. The molecule has 0 aliphatic carbocycles. The number of amides is 1. The van der Waals surface area contributed by atoms with E-state index in [0.717, 1.165) is 18.8 Å². The second kappa shape index (κ2) is 7.79. The first kappa shape index (κ1) is 16.3. The van der Waals surface area contributed by atoms with E-state index in [0.29, 0.717) is 6.54 Å². The van der Waals surface area contributed by atoms with Crippen molar-refractivity contribution in [3.8, 4) is 0 Å². The maximum Gasteiger partial charge on any atom is 0.242 e.